The average molecular weight is 624 g/mol. The van der Waals surface area contributed by atoms with Gasteiger partial charge in [-0.2, -0.15) is 0 Å². The van der Waals surface area contributed by atoms with E-state index in [0.717, 1.165) is 23.3 Å². The van der Waals surface area contributed by atoms with Crippen LogP contribution in [0.1, 0.15) is 53.8 Å². The molecule has 0 bridgehead atoms. The lowest BCUT2D eigenvalue weighted by Gasteiger charge is -2.24. The highest BCUT2D eigenvalue weighted by atomic mass is 32.2. The van der Waals surface area contributed by atoms with Crippen molar-refractivity contribution in [2.75, 3.05) is 18.6 Å². The van der Waals surface area contributed by atoms with Gasteiger partial charge in [-0.15, -0.1) is 10.2 Å². The summed E-state index contributed by atoms with van der Waals surface area (Å²) in [6.07, 6.45) is 0.853. The molecule has 9 nitrogen and oxygen atoms in total. The van der Waals surface area contributed by atoms with Crippen LogP contribution in [0.25, 0.3) is 0 Å². The summed E-state index contributed by atoms with van der Waals surface area (Å²) in [5, 5.41) is 19.7. The van der Waals surface area contributed by atoms with E-state index in [1.54, 1.807) is 43.3 Å². The summed E-state index contributed by atoms with van der Waals surface area (Å²) in [6, 6.07) is 13.4. The first-order valence-corrected chi connectivity index (χ1v) is 15.4. The Balaban J connectivity index is 1.50. The number of rotatable bonds is 12. The standard InChI is InChI=1S/C31H30FN3O6S2/c1-17(2)13-14-40-22-12-8-20(15-24(22)39-4)26-25(27(36)23-11-5-18(3)41-23)28(37)29(38)35(26)30-33-34-31(43-30)42-16-19-6-9-21(32)10-7-19/h5-12,15,17,26,37H,13-14,16H2,1-4H3. The average Bonchev–Trinajstić information content (AvgIpc) is 3.70. The molecule has 4 aromatic rings. The molecule has 1 atom stereocenters. The molecule has 1 amide bonds. The number of nitrogens with zero attached hydrogens (tertiary/aromatic N) is 3. The molecule has 43 heavy (non-hydrogen) atoms. The number of aliphatic hydroxyl groups excluding tert-OH is 1. The fourth-order valence-electron chi connectivity index (χ4n) is 4.50. The van der Waals surface area contributed by atoms with E-state index in [1.807, 2.05) is 0 Å². The number of methoxy groups -OCH3 is 1. The van der Waals surface area contributed by atoms with Crippen molar-refractivity contribution in [3.63, 3.8) is 0 Å². The molecule has 0 fully saturated rings. The SMILES string of the molecule is COc1cc(C2C(C(=O)c3ccc(C)o3)=C(O)C(=O)N2c2nnc(SCc3ccc(F)cc3)s2)ccc1OCCC(C)C. The molecule has 2 aromatic carbocycles. The van der Waals surface area contributed by atoms with Crippen molar-refractivity contribution in [1.82, 2.24) is 10.2 Å². The third-order valence-electron chi connectivity index (χ3n) is 6.75. The van der Waals surface area contributed by atoms with Gasteiger partial charge in [-0.05, 0) is 66.8 Å². The minimum Gasteiger partial charge on any atom is -0.503 e. The van der Waals surface area contributed by atoms with Crippen LogP contribution in [-0.2, 0) is 10.5 Å². The molecule has 2 aromatic heterocycles. The van der Waals surface area contributed by atoms with Crippen LogP contribution >= 0.6 is 23.1 Å². The fourth-order valence-corrected chi connectivity index (χ4v) is 6.32. The second-order valence-corrected chi connectivity index (χ2v) is 12.5. The molecule has 0 saturated carbocycles. The van der Waals surface area contributed by atoms with E-state index in [-0.39, 0.29) is 22.3 Å². The van der Waals surface area contributed by atoms with Gasteiger partial charge in [0, 0.05) is 5.75 Å². The van der Waals surface area contributed by atoms with Crippen molar-refractivity contribution in [2.45, 2.75) is 43.3 Å². The van der Waals surface area contributed by atoms with Crippen LogP contribution in [0.2, 0.25) is 0 Å². The number of Topliss-reactive ketones (excluding diaryl/α,β-unsaturated/α-hetero) is 1. The largest absolute Gasteiger partial charge is 0.503 e. The van der Waals surface area contributed by atoms with Crippen LogP contribution in [0.5, 0.6) is 11.5 Å². The second kappa shape index (κ2) is 13.0. The molecule has 1 aliphatic heterocycles. The molecular weight excluding hydrogens is 593 g/mol. The number of carbonyl (C=O) groups excluding carboxylic acids is 2. The number of ketones is 1. The highest BCUT2D eigenvalue weighted by Gasteiger charge is 2.47. The van der Waals surface area contributed by atoms with Crippen molar-refractivity contribution < 1.29 is 33.0 Å². The minimum absolute atomic E-state index is 0.00731. The van der Waals surface area contributed by atoms with Crippen LogP contribution in [0, 0.1) is 18.7 Å². The van der Waals surface area contributed by atoms with Gasteiger partial charge in [0.15, 0.2) is 27.4 Å². The number of carbonyl (C=O) groups is 2. The maximum atomic E-state index is 13.7. The number of halogens is 1. The number of benzene rings is 2. The van der Waals surface area contributed by atoms with Crippen LogP contribution in [-0.4, -0.2) is 40.7 Å². The van der Waals surface area contributed by atoms with Crippen molar-refractivity contribution in [3.8, 4) is 11.5 Å². The van der Waals surface area contributed by atoms with Crippen LogP contribution in [0.4, 0.5) is 9.52 Å². The second-order valence-electron chi connectivity index (χ2n) is 10.3. The van der Waals surface area contributed by atoms with Crippen molar-refractivity contribution in [2.24, 2.45) is 5.92 Å². The summed E-state index contributed by atoms with van der Waals surface area (Å²) in [6.45, 7) is 6.40. The van der Waals surface area contributed by atoms with Gasteiger partial charge in [0.05, 0.1) is 25.3 Å². The van der Waals surface area contributed by atoms with Gasteiger partial charge in [-0.3, -0.25) is 14.5 Å². The molecule has 224 valence electrons. The summed E-state index contributed by atoms with van der Waals surface area (Å²) in [5.41, 5.74) is 1.24. The number of aromatic nitrogens is 2. The maximum absolute atomic E-state index is 13.7. The molecule has 1 N–H and O–H groups in total. The molecule has 5 rings (SSSR count). The van der Waals surface area contributed by atoms with E-state index < -0.39 is 23.5 Å². The molecule has 0 saturated heterocycles. The van der Waals surface area contributed by atoms with Crippen molar-refractivity contribution in [3.05, 3.63) is 94.4 Å². The van der Waals surface area contributed by atoms with Gasteiger partial charge in [-0.25, -0.2) is 4.39 Å². The Morgan fingerprint density at radius 2 is 1.91 bits per heavy atom. The summed E-state index contributed by atoms with van der Waals surface area (Å²) in [4.78, 5) is 28.5. The van der Waals surface area contributed by atoms with E-state index in [9.17, 15) is 19.1 Å². The molecule has 0 spiro atoms. The lowest BCUT2D eigenvalue weighted by molar-refractivity contribution is -0.117. The summed E-state index contributed by atoms with van der Waals surface area (Å²) in [5.74, 6) is -0.0414. The molecule has 0 aliphatic carbocycles. The van der Waals surface area contributed by atoms with Gasteiger partial charge < -0.3 is 19.0 Å². The van der Waals surface area contributed by atoms with E-state index in [2.05, 4.69) is 24.0 Å². The first-order valence-electron chi connectivity index (χ1n) is 13.6. The number of aryl methyl sites for hydroxylation is 1. The molecule has 1 unspecified atom stereocenters. The number of anilines is 1. The smallest absolute Gasteiger partial charge is 0.296 e. The Labute approximate surface area is 256 Å². The zero-order chi connectivity index (χ0) is 30.7. The molecule has 0 radical (unpaired) electrons. The number of hydrogen-bond donors (Lipinski definition) is 1. The van der Waals surface area contributed by atoms with E-state index in [1.165, 1.54) is 42.0 Å². The molecule has 1 aliphatic rings. The first-order chi connectivity index (χ1) is 20.7. The lowest BCUT2D eigenvalue weighted by atomic mass is 9.95. The monoisotopic (exact) mass is 623 g/mol. The van der Waals surface area contributed by atoms with E-state index in [0.29, 0.717) is 45.4 Å². The Kier molecular flexibility index (Phi) is 9.16. The fraction of sp³-hybridized carbons (Fsp3) is 0.290. The van der Waals surface area contributed by atoms with Crippen molar-refractivity contribution in [1.29, 1.82) is 0 Å². The normalized spacial score (nSPS) is 15.1. The number of amides is 1. The number of aliphatic hydroxyl groups is 1. The Morgan fingerprint density at radius 1 is 1.14 bits per heavy atom. The first kappa shape index (κ1) is 30.3. The van der Waals surface area contributed by atoms with E-state index in [4.69, 9.17) is 13.9 Å². The number of thioether (sulfide) groups is 1. The predicted molar refractivity (Wildman–Crippen MR) is 161 cm³/mol. The van der Waals surface area contributed by atoms with Crippen LogP contribution < -0.4 is 14.4 Å². The summed E-state index contributed by atoms with van der Waals surface area (Å²) >= 11 is 2.51. The third-order valence-corrected chi connectivity index (χ3v) is 8.88. The predicted octanol–water partition coefficient (Wildman–Crippen LogP) is 7.09. The zero-order valence-electron chi connectivity index (χ0n) is 24.0. The van der Waals surface area contributed by atoms with Gasteiger partial charge in [0.25, 0.3) is 5.91 Å². The Morgan fingerprint density at radius 3 is 2.58 bits per heavy atom. The summed E-state index contributed by atoms with van der Waals surface area (Å²) in [7, 11) is 1.51. The van der Waals surface area contributed by atoms with Crippen LogP contribution in [0.15, 0.2) is 74.7 Å². The molecular formula is C31H30FN3O6S2. The van der Waals surface area contributed by atoms with E-state index >= 15 is 0 Å². The maximum Gasteiger partial charge on any atom is 0.296 e. The van der Waals surface area contributed by atoms with Gasteiger partial charge >= 0.3 is 0 Å². The Bertz CT molecular complexity index is 1660. The lowest BCUT2D eigenvalue weighted by Crippen LogP contribution is -2.31. The topological polar surface area (TPSA) is 115 Å². The molecule has 12 heteroatoms. The quantitative estimate of drug-likeness (QED) is 0.100. The van der Waals surface area contributed by atoms with Gasteiger partial charge in [0.1, 0.15) is 11.6 Å². The van der Waals surface area contributed by atoms with Gasteiger partial charge in [0.2, 0.25) is 10.9 Å². The summed E-state index contributed by atoms with van der Waals surface area (Å²) < 4.78 is 30.9. The van der Waals surface area contributed by atoms with Crippen molar-refractivity contribution >= 4 is 39.9 Å². The highest BCUT2D eigenvalue weighted by Crippen LogP contribution is 2.45. The third kappa shape index (κ3) is 6.60. The number of hydrogen-bond acceptors (Lipinski definition) is 10. The number of furan rings is 1. The van der Waals surface area contributed by atoms with Crippen LogP contribution in [0.3, 0.4) is 0 Å². The van der Waals surface area contributed by atoms with Gasteiger partial charge in [-0.1, -0.05) is 55.1 Å². The highest BCUT2D eigenvalue weighted by molar-refractivity contribution is 8.00. The zero-order valence-corrected chi connectivity index (χ0v) is 25.6. The Hall–Kier alpha value is -4.16. The minimum atomic E-state index is -1.05. The molecule has 3 heterocycles. The number of ether oxygens (including phenoxy) is 2.